The Hall–Kier alpha value is -1.79. The zero-order chi connectivity index (χ0) is 13.1. The van der Waals surface area contributed by atoms with Gasteiger partial charge in [-0.2, -0.15) is 0 Å². The lowest BCUT2D eigenvalue weighted by molar-refractivity contribution is -0.117. The van der Waals surface area contributed by atoms with E-state index in [1.54, 1.807) is 0 Å². The average Bonchev–Trinajstić information content (AvgIpc) is 2.47. The van der Waals surface area contributed by atoms with Crippen molar-refractivity contribution >= 4 is 5.91 Å². The molecule has 19 heavy (non-hydrogen) atoms. The molecule has 3 aliphatic rings. The van der Waals surface area contributed by atoms with Crippen molar-refractivity contribution in [3.05, 3.63) is 35.9 Å². The Bertz CT molecular complexity index is 507. The second kappa shape index (κ2) is 5.46. The van der Waals surface area contributed by atoms with Gasteiger partial charge in [-0.25, -0.2) is 0 Å². The van der Waals surface area contributed by atoms with E-state index in [1.165, 1.54) is 25.9 Å². The summed E-state index contributed by atoms with van der Waals surface area (Å²) in [5, 5.41) is 3.07. The highest BCUT2D eigenvalue weighted by atomic mass is 16.1. The van der Waals surface area contributed by atoms with E-state index >= 15 is 0 Å². The van der Waals surface area contributed by atoms with Gasteiger partial charge in [0.05, 0.1) is 0 Å². The van der Waals surface area contributed by atoms with Crippen LogP contribution in [0.15, 0.2) is 30.3 Å². The first-order valence-electron chi connectivity index (χ1n) is 6.91. The molecule has 3 saturated heterocycles. The number of carbonyl (C=O) groups excluding carboxylic acids is 1. The first-order valence-corrected chi connectivity index (χ1v) is 6.91. The molecule has 1 unspecified atom stereocenters. The molecule has 4 rings (SSSR count). The molecule has 1 aromatic rings. The molecule has 0 radical (unpaired) electrons. The molecule has 1 aromatic carbocycles. The van der Waals surface area contributed by atoms with E-state index in [0.29, 0.717) is 12.0 Å². The third-order valence-corrected chi connectivity index (χ3v) is 4.07. The number of benzene rings is 1. The van der Waals surface area contributed by atoms with Crippen LogP contribution in [0.5, 0.6) is 0 Å². The SMILES string of the molecule is O=C(C#Cc1ccccc1)NC1CN2CCC1CC2. The van der Waals surface area contributed by atoms with Crippen molar-refractivity contribution in [2.24, 2.45) is 5.92 Å². The highest BCUT2D eigenvalue weighted by Gasteiger charge is 2.34. The summed E-state index contributed by atoms with van der Waals surface area (Å²) in [5.41, 5.74) is 0.881. The Morgan fingerprint density at radius 1 is 1.21 bits per heavy atom. The monoisotopic (exact) mass is 254 g/mol. The summed E-state index contributed by atoms with van der Waals surface area (Å²) in [6, 6.07) is 9.91. The smallest absolute Gasteiger partial charge is 0.296 e. The molecule has 3 fully saturated rings. The Kier molecular flexibility index (Phi) is 3.52. The molecule has 3 heteroatoms. The van der Waals surface area contributed by atoms with Gasteiger partial charge in [0.2, 0.25) is 0 Å². The number of nitrogens with zero attached hydrogens (tertiary/aromatic N) is 1. The molecule has 98 valence electrons. The van der Waals surface area contributed by atoms with Crippen molar-refractivity contribution in [2.75, 3.05) is 19.6 Å². The van der Waals surface area contributed by atoms with Gasteiger partial charge in [-0.1, -0.05) is 24.1 Å². The molecule has 2 bridgehead atoms. The standard InChI is InChI=1S/C16H18N2O/c19-16(7-6-13-4-2-1-3-5-13)17-15-12-18-10-8-14(15)9-11-18/h1-5,14-15H,8-12H2,(H,17,19). The Balaban J connectivity index is 1.59. The number of carbonyl (C=O) groups is 1. The van der Waals surface area contributed by atoms with Crippen LogP contribution >= 0.6 is 0 Å². The van der Waals surface area contributed by atoms with Crippen molar-refractivity contribution in [2.45, 2.75) is 18.9 Å². The fourth-order valence-electron chi connectivity index (χ4n) is 2.98. The van der Waals surface area contributed by atoms with Crippen molar-refractivity contribution in [1.82, 2.24) is 10.2 Å². The summed E-state index contributed by atoms with van der Waals surface area (Å²) in [5.74, 6) is 6.09. The Morgan fingerprint density at radius 3 is 2.58 bits per heavy atom. The fourth-order valence-corrected chi connectivity index (χ4v) is 2.98. The maximum Gasteiger partial charge on any atom is 0.296 e. The number of fused-ring (bicyclic) bond motifs is 3. The molecule has 0 saturated carbocycles. The molecule has 0 spiro atoms. The number of rotatable bonds is 1. The van der Waals surface area contributed by atoms with Gasteiger partial charge >= 0.3 is 0 Å². The lowest BCUT2D eigenvalue weighted by Gasteiger charge is -2.44. The number of nitrogens with one attached hydrogen (secondary N) is 1. The molecule has 1 atom stereocenters. The average molecular weight is 254 g/mol. The van der Waals surface area contributed by atoms with Crippen LogP contribution in [-0.4, -0.2) is 36.5 Å². The van der Waals surface area contributed by atoms with Gasteiger partial charge in [0.25, 0.3) is 5.91 Å². The molecular weight excluding hydrogens is 236 g/mol. The van der Waals surface area contributed by atoms with Crippen molar-refractivity contribution < 1.29 is 4.79 Å². The van der Waals surface area contributed by atoms with Crippen LogP contribution in [0, 0.1) is 17.8 Å². The molecule has 3 heterocycles. The largest absolute Gasteiger partial charge is 0.341 e. The molecule has 1 amide bonds. The molecular formula is C16H18N2O. The van der Waals surface area contributed by atoms with Gasteiger partial charge in [-0.3, -0.25) is 4.79 Å². The number of amides is 1. The van der Waals surface area contributed by atoms with E-state index in [-0.39, 0.29) is 5.91 Å². The zero-order valence-electron chi connectivity index (χ0n) is 10.9. The van der Waals surface area contributed by atoms with Crippen LogP contribution in [0.2, 0.25) is 0 Å². The Labute approximate surface area is 114 Å². The third kappa shape index (κ3) is 2.97. The van der Waals surface area contributed by atoms with E-state index < -0.39 is 0 Å². The van der Waals surface area contributed by atoms with E-state index in [4.69, 9.17) is 0 Å². The normalized spacial score (nSPS) is 28.3. The minimum Gasteiger partial charge on any atom is -0.341 e. The predicted molar refractivity (Wildman–Crippen MR) is 74.4 cm³/mol. The summed E-state index contributed by atoms with van der Waals surface area (Å²) >= 11 is 0. The van der Waals surface area contributed by atoms with Gasteiger partial charge in [-0.05, 0) is 44.0 Å². The second-order valence-corrected chi connectivity index (χ2v) is 5.33. The minimum absolute atomic E-state index is 0.150. The first-order chi connectivity index (χ1) is 9.31. The summed E-state index contributed by atoms with van der Waals surface area (Å²) in [7, 11) is 0. The maximum absolute atomic E-state index is 11.9. The highest BCUT2D eigenvalue weighted by molar-refractivity contribution is 5.94. The number of hydrogen-bond acceptors (Lipinski definition) is 2. The summed E-state index contributed by atoms with van der Waals surface area (Å²) in [6.45, 7) is 3.36. The van der Waals surface area contributed by atoms with Crippen molar-refractivity contribution in [1.29, 1.82) is 0 Å². The molecule has 0 aromatic heterocycles. The summed E-state index contributed by atoms with van der Waals surface area (Å²) < 4.78 is 0. The lowest BCUT2D eigenvalue weighted by atomic mass is 9.84. The lowest BCUT2D eigenvalue weighted by Crippen LogP contribution is -2.57. The quantitative estimate of drug-likeness (QED) is 0.765. The molecule has 3 nitrogen and oxygen atoms in total. The van der Waals surface area contributed by atoms with Crippen LogP contribution < -0.4 is 5.32 Å². The summed E-state index contributed by atoms with van der Waals surface area (Å²) in [6.07, 6.45) is 2.41. The highest BCUT2D eigenvalue weighted by Crippen LogP contribution is 2.27. The van der Waals surface area contributed by atoms with Gasteiger partial charge in [0.15, 0.2) is 0 Å². The first kappa shape index (κ1) is 12.3. The van der Waals surface area contributed by atoms with Crippen LogP contribution in [0.3, 0.4) is 0 Å². The van der Waals surface area contributed by atoms with Gasteiger partial charge < -0.3 is 10.2 Å². The molecule has 3 aliphatic heterocycles. The fraction of sp³-hybridized carbons (Fsp3) is 0.438. The van der Waals surface area contributed by atoms with Crippen LogP contribution in [0.25, 0.3) is 0 Å². The third-order valence-electron chi connectivity index (χ3n) is 4.07. The zero-order valence-corrected chi connectivity index (χ0v) is 10.9. The van der Waals surface area contributed by atoms with E-state index in [0.717, 1.165) is 12.1 Å². The van der Waals surface area contributed by atoms with E-state index in [1.807, 2.05) is 30.3 Å². The number of hydrogen-bond donors (Lipinski definition) is 1. The topological polar surface area (TPSA) is 32.3 Å². The minimum atomic E-state index is -0.150. The second-order valence-electron chi connectivity index (χ2n) is 5.33. The van der Waals surface area contributed by atoms with Gasteiger partial charge in [0, 0.05) is 24.1 Å². The van der Waals surface area contributed by atoms with Gasteiger partial charge in [-0.15, -0.1) is 0 Å². The van der Waals surface area contributed by atoms with E-state index in [2.05, 4.69) is 22.1 Å². The van der Waals surface area contributed by atoms with Gasteiger partial charge in [0.1, 0.15) is 0 Å². The predicted octanol–water partition coefficient (Wildman–Crippen LogP) is 1.25. The van der Waals surface area contributed by atoms with Crippen molar-refractivity contribution in [3.8, 4) is 11.8 Å². The van der Waals surface area contributed by atoms with Crippen LogP contribution in [0.1, 0.15) is 18.4 Å². The molecule has 0 aliphatic carbocycles. The van der Waals surface area contributed by atoms with Crippen molar-refractivity contribution in [3.63, 3.8) is 0 Å². The Morgan fingerprint density at radius 2 is 1.95 bits per heavy atom. The number of piperidine rings is 3. The molecule has 1 N–H and O–H groups in total. The van der Waals surface area contributed by atoms with Crippen LogP contribution in [-0.2, 0) is 4.79 Å². The summed E-state index contributed by atoms with van der Waals surface area (Å²) in [4.78, 5) is 14.3. The van der Waals surface area contributed by atoms with Crippen LogP contribution in [0.4, 0.5) is 0 Å². The maximum atomic E-state index is 11.9. The van der Waals surface area contributed by atoms with E-state index in [9.17, 15) is 4.79 Å².